The highest BCUT2D eigenvalue weighted by Gasteiger charge is 2.12. The molecule has 1 aliphatic rings. The van der Waals surface area contributed by atoms with Crippen LogP contribution >= 0.6 is 0 Å². The van der Waals surface area contributed by atoms with E-state index in [9.17, 15) is 9.18 Å². The summed E-state index contributed by atoms with van der Waals surface area (Å²) in [5.41, 5.74) is 2.13. The summed E-state index contributed by atoms with van der Waals surface area (Å²) in [5.74, 6) is -0.516. The largest absolute Gasteiger partial charge is 0.378 e. The van der Waals surface area contributed by atoms with Crippen molar-refractivity contribution >= 4 is 11.6 Å². The van der Waals surface area contributed by atoms with Crippen LogP contribution in [0.15, 0.2) is 48.5 Å². The lowest BCUT2D eigenvalue weighted by molar-refractivity contribution is 0.0950. The molecule has 0 atom stereocenters. The molecule has 0 saturated carbocycles. The number of benzene rings is 2. The van der Waals surface area contributed by atoms with Crippen molar-refractivity contribution in [2.45, 2.75) is 6.54 Å². The summed E-state index contributed by atoms with van der Waals surface area (Å²) in [5, 5.41) is 2.74. The number of carbonyl (C=O) groups excluding carboxylic acids is 1. The van der Waals surface area contributed by atoms with Gasteiger partial charge in [-0.25, -0.2) is 4.39 Å². The van der Waals surface area contributed by atoms with E-state index in [4.69, 9.17) is 4.74 Å². The van der Waals surface area contributed by atoms with E-state index in [1.807, 2.05) is 12.1 Å². The summed E-state index contributed by atoms with van der Waals surface area (Å²) in [7, 11) is 0. The quantitative estimate of drug-likeness (QED) is 0.943. The molecule has 3 rings (SSSR count). The maximum absolute atomic E-state index is 13.5. The fraction of sp³-hybridized carbons (Fsp3) is 0.278. The highest BCUT2D eigenvalue weighted by Crippen LogP contribution is 2.16. The molecule has 0 radical (unpaired) electrons. The standard InChI is InChI=1S/C18H19FN2O2/c19-17-4-2-1-3-15(17)13-20-18(22)14-5-7-16(8-6-14)21-9-11-23-12-10-21/h1-8H,9-13H2,(H,20,22). The van der Waals surface area contributed by atoms with E-state index in [1.54, 1.807) is 30.3 Å². The number of morpholine rings is 1. The molecule has 1 fully saturated rings. The van der Waals surface area contributed by atoms with Gasteiger partial charge in [0, 0.05) is 36.4 Å². The molecular formula is C18H19FN2O2. The molecule has 0 aromatic heterocycles. The van der Waals surface area contributed by atoms with E-state index in [1.165, 1.54) is 6.07 Å². The van der Waals surface area contributed by atoms with Crippen molar-refractivity contribution in [1.82, 2.24) is 5.32 Å². The van der Waals surface area contributed by atoms with Gasteiger partial charge in [-0.2, -0.15) is 0 Å². The molecule has 1 N–H and O–H groups in total. The van der Waals surface area contributed by atoms with Gasteiger partial charge in [0.25, 0.3) is 5.91 Å². The second-order valence-corrected chi connectivity index (χ2v) is 5.42. The molecular weight excluding hydrogens is 295 g/mol. The Morgan fingerprint density at radius 3 is 2.48 bits per heavy atom. The van der Waals surface area contributed by atoms with E-state index in [-0.39, 0.29) is 18.3 Å². The smallest absolute Gasteiger partial charge is 0.251 e. The normalized spacial score (nSPS) is 14.6. The van der Waals surface area contributed by atoms with Crippen molar-refractivity contribution in [3.05, 3.63) is 65.5 Å². The lowest BCUT2D eigenvalue weighted by atomic mass is 10.1. The Morgan fingerprint density at radius 1 is 1.09 bits per heavy atom. The SMILES string of the molecule is O=C(NCc1ccccc1F)c1ccc(N2CCOCC2)cc1. The van der Waals surface area contributed by atoms with E-state index in [0.29, 0.717) is 11.1 Å². The Bertz CT molecular complexity index is 667. The second-order valence-electron chi connectivity index (χ2n) is 5.42. The maximum atomic E-state index is 13.5. The molecule has 1 heterocycles. The number of hydrogen-bond donors (Lipinski definition) is 1. The first-order valence-electron chi connectivity index (χ1n) is 7.68. The Balaban J connectivity index is 1.60. The zero-order chi connectivity index (χ0) is 16.1. The van der Waals surface area contributed by atoms with Crippen molar-refractivity contribution in [3.63, 3.8) is 0 Å². The van der Waals surface area contributed by atoms with Crippen LogP contribution in [-0.2, 0) is 11.3 Å². The van der Waals surface area contributed by atoms with Crippen molar-refractivity contribution in [1.29, 1.82) is 0 Å². The highest BCUT2D eigenvalue weighted by atomic mass is 19.1. The van der Waals surface area contributed by atoms with Gasteiger partial charge < -0.3 is 15.0 Å². The maximum Gasteiger partial charge on any atom is 0.251 e. The van der Waals surface area contributed by atoms with Crippen LogP contribution in [0.4, 0.5) is 10.1 Å². The van der Waals surface area contributed by atoms with Crippen LogP contribution in [-0.4, -0.2) is 32.2 Å². The molecule has 1 amide bonds. The molecule has 0 bridgehead atoms. The minimum atomic E-state index is -0.310. The van der Waals surface area contributed by atoms with Crippen LogP contribution in [0.1, 0.15) is 15.9 Å². The summed E-state index contributed by atoms with van der Waals surface area (Å²) < 4.78 is 18.9. The molecule has 2 aromatic carbocycles. The zero-order valence-corrected chi connectivity index (χ0v) is 12.8. The van der Waals surface area contributed by atoms with Gasteiger partial charge in [0.05, 0.1) is 13.2 Å². The van der Waals surface area contributed by atoms with Gasteiger partial charge in [-0.05, 0) is 30.3 Å². The summed E-state index contributed by atoms with van der Waals surface area (Å²) in [4.78, 5) is 14.4. The number of rotatable bonds is 4. The monoisotopic (exact) mass is 314 g/mol. The third-order valence-electron chi connectivity index (χ3n) is 3.90. The van der Waals surface area contributed by atoms with Crippen molar-refractivity contribution < 1.29 is 13.9 Å². The average Bonchev–Trinajstić information content (AvgIpc) is 2.62. The molecule has 0 spiro atoms. The lowest BCUT2D eigenvalue weighted by Crippen LogP contribution is -2.36. The molecule has 23 heavy (non-hydrogen) atoms. The van der Waals surface area contributed by atoms with Crippen LogP contribution < -0.4 is 10.2 Å². The van der Waals surface area contributed by atoms with Crippen LogP contribution in [0.2, 0.25) is 0 Å². The summed E-state index contributed by atoms with van der Waals surface area (Å²) >= 11 is 0. The Labute approximate surface area is 134 Å². The van der Waals surface area contributed by atoms with Gasteiger partial charge in [0.15, 0.2) is 0 Å². The van der Waals surface area contributed by atoms with Gasteiger partial charge in [-0.1, -0.05) is 18.2 Å². The fourth-order valence-corrected chi connectivity index (χ4v) is 2.56. The van der Waals surface area contributed by atoms with Gasteiger partial charge >= 0.3 is 0 Å². The number of nitrogens with one attached hydrogen (secondary N) is 1. The number of hydrogen-bond acceptors (Lipinski definition) is 3. The number of nitrogens with zero attached hydrogens (tertiary/aromatic N) is 1. The fourth-order valence-electron chi connectivity index (χ4n) is 2.56. The third kappa shape index (κ3) is 3.87. The van der Waals surface area contributed by atoms with Crippen molar-refractivity contribution in [3.8, 4) is 0 Å². The predicted octanol–water partition coefficient (Wildman–Crippen LogP) is 2.59. The first-order chi connectivity index (χ1) is 11.2. The molecule has 120 valence electrons. The van der Waals surface area contributed by atoms with Gasteiger partial charge in [0.2, 0.25) is 0 Å². The Morgan fingerprint density at radius 2 is 1.78 bits per heavy atom. The molecule has 1 saturated heterocycles. The number of ether oxygens (including phenoxy) is 1. The average molecular weight is 314 g/mol. The summed E-state index contributed by atoms with van der Waals surface area (Å²) in [6, 6.07) is 13.9. The summed E-state index contributed by atoms with van der Waals surface area (Å²) in [6.07, 6.45) is 0. The molecule has 5 heteroatoms. The zero-order valence-electron chi connectivity index (χ0n) is 12.8. The van der Waals surface area contributed by atoms with E-state index in [2.05, 4.69) is 10.2 Å². The number of carbonyl (C=O) groups is 1. The molecule has 0 unspecified atom stereocenters. The van der Waals surface area contributed by atoms with Crippen LogP contribution in [0.25, 0.3) is 0 Å². The topological polar surface area (TPSA) is 41.6 Å². The third-order valence-corrected chi connectivity index (χ3v) is 3.90. The lowest BCUT2D eigenvalue weighted by Gasteiger charge is -2.28. The van der Waals surface area contributed by atoms with Crippen LogP contribution in [0, 0.1) is 5.82 Å². The number of halogens is 1. The van der Waals surface area contributed by atoms with Crippen LogP contribution in [0.3, 0.4) is 0 Å². The minimum absolute atomic E-state index is 0.177. The van der Waals surface area contributed by atoms with E-state index in [0.717, 1.165) is 32.0 Å². The minimum Gasteiger partial charge on any atom is -0.378 e. The highest BCUT2D eigenvalue weighted by molar-refractivity contribution is 5.94. The molecule has 4 nitrogen and oxygen atoms in total. The summed E-state index contributed by atoms with van der Waals surface area (Å²) in [6.45, 7) is 3.35. The Kier molecular flexibility index (Phi) is 4.88. The van der Waals surface area contributed by atoms with E-state index < -0.39 is 0 Å². The van der Waals surface area contributed by atoms with Crippen molar-refractivity contribution in [2.75, 3.05) is 31.2 Å². The van der Waals surface area contributed by atoms with Gasteiger partial charge in [-0.15, -0.1) is 0 Å². The van der Waals surface area contributed by atoms with Crippen LogP contribution in [0.5, 0.6) is 0 Å². The molecule has 0 aliphatic carbocycles. The second kappa shape index (κ2) is 7.24. The number of anilines is 1. The first kappa shape index (κ1) is 15.5. The van der Waals surface area contributed by atoms with Gasteiger partial charge in [0.1, 0.15) is 5.82 Å². The first-order valence-corrected chi connectivity index (χ1v) is 7.68. The van der Waals surface area contributed by atoms with E-state index >= 15 is 0 Å². The Hall–Kier alpha value is -2.40. The van der Waals surface area contributed by atoms with Crippen molar-refractivity contribution in [2.24, 2.45) is 0 Å². The predicted molar refractivity (Wildman–Crippen MR) is 87.0 cm³/mol. The molecule has 2 aromatic rings. The number of amides is 1. The molecule has 1 aliphatic heterocycles. The van der Waals surface area contributed by atoms with Gasteiger partial charge in [-0.3, -0.25) is 4.79 Å².